The van der Waals surface area contributed by atoms with Crippen molar-refractivity contribution in [3.63, 3.8) is 0 Å². The van der Waals surface area contributed by atoms with Crippen LogP contribution < -0.4 is 0 Å². The summed E-state index contributed by atoms with van der Waals surface area (Å²) in [5.74, 6) is 0. The third kappa shape index (κ3) is 3.25. The van der Waals surface area contributed by atoms with Crippen molar-refractivity contribution in [2.75, 3.05) is 26.9 Å². The molecule has 0 aliphatic heterocycles. The van der Waals surface area contributed by atoms with E-state index in [1.807, 2.05) is 12.1 Å². The van der Waals surface area contributed by atoms with Crippen LogP contribution in [0.5, 0.6) is 0 Å². The van der Waals surface area contributed by atoms with Crippen molar-refractivity contribution in [3.8, 4) is 0 Å². The Hall–Kier alpha value is -1.03. The van der Waals surface area contributed by atoms with E-state index < -0.39 is 0 Å². The van der Waals surface area contributed by atoms with Gasteiger partial charge in [0.05, 0.1) is 23.8 Å². The summed E-state index contributed by atoms with van der Waals surface area (Å²) in [7, 11) is 1.68. The fraction of sp³-hybridized carbons (Fsp3) is 0.429. The standard InChI is InChI=1S/C14H18ClNO2/c1-17-10-11-18-9-3-7-16-8-6-12-4-2-5-13(15)14(12)16/h2,4-6,8H,3,7,9-11H2,1H3. The van der Waals surface area contributed by atoms with Crippen molar-refractivity contribution < 1.29 is 9.47 Å². The van der Waals surface area contributed by atoms with Crippen molar-refractivity contribution in [1.82, 2.24) is 4.57 Å². The molecule has 98 valence electrons. The van der Waals surface area contributed by atoms with E-state index in [0.29, 0.717) is 13.2 Å². The normalized spacial score (nSPS) is 11.2. The molecule has 2 rings (SSSR count). The van der Waals surface area contributed by atoms with Crippen LogP contribution in [0.2, 0.25) is 5.02 Å². The van der Waals surface area contributed by atoms with E-state index in [-0.39, 0.29) is 0 Å². The predicted octanol–water partition coefficient (Wildman–Crippen LogP) is 3.35. The van der Waals surface area contributed by atoms with Gasteiger partial charge >= 0.3 is 0 Å². The molecule has 0 saturated heterocycles. The Bertz CT molecular complexity index is 495. The van der Waals surface area contributed by atoms with Crippen molar-refractivity contribution in [2.24, 2.45) is 0 Å². The first-order valence-corrected chi connectivity index (χ1v) is 6.51. The summed E-state index contributed by atoms with van der Waals surface area (Å²) in [6, 6.07) is 8.07. The number of hydrogen-bond acceptors (Lipinski definition) is 2. The van der Waals surface area contributed by atoms with Crippen molar-refractivity contribution in [3.05, 3.63) is 35.5 Å². The van der Waals surface area contributed by atoms with Crippen LogP contribution in [0.4, 0.5) is 0 Å². The first-order chi connectivity index (χ1) is 8.83. The molecular formula is C14H18ClNO2. The Morgan fingerprint density at radius 1 is 1.17 bits per heavy atom. The summed E-state index contributed by atoms with van der Waals surface area (Å²) in [6.45, 7) is 2.97. The second kappa shape index (κ2) is 6.78. The molecule has 0 unspecified atom stereocenters. The molecule has 4 heteroatoms. The fourth-order valence-corrected chi connectivity index (χ4v) is 2.27. The zero-order chi connectivity index (χ0) is 12.8. The van der Waals surface area contributed by atoms with Crippen LogP contribution in [0, 0.1) is 0 Å². The maximum atomic E-state index is 6.22. The number of rotatable bonds is 7. The molecule has 0 spiro atoms. The highest BCUT2D eigenvalue weighted by molar-refractivity contribution is 6.35. The summed E-state index contributed by atoms with van der Waals surface area (Å²) in [5, 5.41) is 1.99. The minimum absolute atomic E-state index is 0.651. The number of methoxy groups -OCH3 is 1. The lowest BCUT2D eigenvalue weighted by Crippen LogP contribution is -2.06. The van der Waals surface area contributed by atoms with Gasteiger partial charge in [0.15, 0.2) is 0 Å². The monoisotopic (exact) mass is 267 g/mol. The highest BCUT2D eigenvalue weighted by Crippen LogP contribution is 2.24. The van der Waals surface area contributed by atoms with Crippen LogP contribution in [0.15, 0.2) is 30.5 Å². The molecular weight excluding hydrogens is 250 g/mol. The van der Waals surface area contributed by atoms with Gasteiger partial charge in [-0.2, -0.15) is 0 Å². The minimum atomic E-state index is 0.651. The van der Waals surface area contributed by atoms with E-state index in [2.05, 4.69) is 22.9 Å². The molecule has 0 aliphatic rings. The van der Waals surface area contributed by atoms with E-state index in [1.54, 1.807) is 7.11 Å². The molecule has 0 N–H and O–H groups in total. The van der Waals surface area contributed by atoms with Gasteiger partial charge in [-0.1, -0.05) is 23.7 Å². The number of ether oxygens (including phenoxy) is 2. The summed E-state index contributed by atoms with van der Waals surface area (Å²) in [4.78, 5) is 0. The van der Waals surface area contributed by atoms with E-state index in [0.717, 1.165) is 30.1 Å². The van der Waals surface area contributed by atoms with Gasteiger partial charge < -0.3 is 14.0 Å². The maximum Gasteiger partial charge on any atom is 0.0700 e. The zero-order valence-corrected chi connectivity index (χ0v) is 11.3. The third-order valence-corrected chi connectivity index (χ3v) is 3.16. The molecule has 0 fully saturated rings. The van der Waals surface area contributed by atoms with Gasteiger partial charge in [-0.25, -0.2) is 0 Å². The third-order valence-electron chi connectivity index (χ3n) is 2.86. The molecule has 3 nitrogen and oxygen atoms in total. The highest BCUT2D eigenvalue weighted by atomic mass is 35.5. The molecule has 1 aromatic heterocycles. The van der Waals surface area contributed by atoms with Crippen LogP contribution in [0.25, 0.3) is 10.9 Å². The smallest absolute Gasteiger partial charge is 0.0700 e. The first-order valence-electron chi connectivity index (χ1n) is 6.13. The Morgan fingerprint density at radius 2 is 2.06 bits per heavy atom. The summed E-state index contributed by atoms with van der Waals surface area (Å²) in [5.41, 5.74) is 1.11. The fourth-order valence-electron chi connectivity index (χ4n) is 1.98. The number of benzene rings is 1. The number of para-hydroxylation sites is 1. The summed E-state index contributed by atoms with van der Waals surface area (Å²) in [6.07, 6.45) is 3.05. The number of hydrogen-bond donors (Lipinski definition) is 0. The Labute approximate surface area is 112 Å². The SMILES string of the molecule is COCCOCCCn1ccc2cccc(Cl)c21. The number of halogens is 1. The van der Waals surface area contributed by atoms with E-state index in [9.17, 15) is 0 Å². The molecule has 1 heterocycles. The molecule has 0 saturated carbocycles. The number of aryl methyl sites for hydroxylation is 1. The zero-order valence-electron chi connectivity index (χ0n) is 10.6. The molecule has 2 aromatic rings. The summed E-state index contributed by atoms with van der Waals surface area (Å²) >= 11 is 6.22. The van der Waals surface area contributed by atoms with Gasteiger partial charge in [-0.15, -0.1) is 0 Å². The van der Waals surface area contributed by atoms with E-state index in [1.165, 1.54) is 5.39 Å². The van der Waals surface area contributed by atoms with Crippen LogP contribution in [0.3, 0.4) is 0 Å². The van der Waals surface area contributed by atoms with E-state index >= 15 is 0 Å². The molecule has 0 atom stereocenters. The quantitative estimate of drug-likeness (QED) is 0.718. The maximum absolute atomic E-state index is 6.22. The van der Waals surface area contributed by atoms with Gasteiger partial charge in [0.1, 0.15) is 0 Å². The number of nitrogens with zero attached hydrogens (tertiary/aromatic N) is 1. The van der Waals surface area contributed by atoms with Gasteiger partial charge in [0.2, 0.25) is 0 Å². The highest BCUT2D eigenvalue weighted by Gasteiger charge is 2.04. The molecule has 18 heavy (non-hydrogen) atoms. The van der Waals surface area contributed by atoms with Gasteiger partial charge in [0, 0.05) is 31.8 Å². The number of fused-ring (bicyclic) bond motifs is 1. The molecule has 0 aliphatic carbocycles. The van der Waals surface area contributed by atoms with E-state index in [4.69, 9.17) is 21.1 Å². The number of aromatic nitrogens is 1. The van der Waals surface area contributed by atoms with Crippen LogP contribution in [0.1, 0.15) is 6.42 Å². The van der Waals surface area contributed by atoms with Crippen molar-refractivity contribution in [1.29, 1.82) is 0 Å². The first kappa shape index (κ1) is 13.4. The molecule has 1 aromatic carbocycles. The topological polar surface area (TPSA) is 23.4 Å². The average Bonchev–Trinajstić information content (AvgIpc) is 2.78. The van der Waals surface area contributed by atoms with Gasteiger partial charge in [-0.3, -0.25) is 0 Å². The van der Waals surface area contributed by atoms with Crippen molar-refractivity contribution >= 4 is 22.5 Å². The van der Waals surface area contributed by atoms with Crippen molar-refractivity contribution in [2.45, 2.75) is 13.0 Å². The van der Waals surface area contributed by atoms with Crippen LogP contribution in [-0.4, -0.2) is 31.5 Å². The molecule has 0 radical (unpaired) electrons. The molecule has 0 bridgehead atoms. The Morgan fingerprint density at radius 3 is 2.89 bits per heavy atom. The molecule has 0 amide bonds. The van der Waals surface area contributed by atoms with Gasteiger partial charge in [0.25, 0.3) is 0 Å². The summed E-state index contributed by atoms with van der Waals surface area (Å²) < 4.78 is 12.5. The lowest BCUT2D eigenvalue weighted by Gasteiger charge is -2.07. The second-order valence-corrected chi connectivity index (χ2v) is 4.55. The van der Waals surface area contributed by atoms with Crippen LogP contribution in [-0.2, 0) is 16.0 Å². The Balaban J connectivity index is 1.88. The van der Waals surface area contributed by atoms with Crippen LogP contribution >= 0.6 is 11.6 Å². The minimum Gasteiger partial charge on any atom is -0.382 e. The second-order valence-electron chi connectivity index (χ2n) is 4.15. The largest absolute Gasteiger partial charge is 0.382 e. The van der Waals surface area contributed by atoms with Gasteiger partial charge in [-0.05, 0) is 18.6 Å². The average molecular weight is 268 g/mol. The lowest BCUT2D eigenvalue weighted by atomic mass is 10.2. The lowest BCUT2D eigenvalue weighted by molar-refractivity contribution is 0.0681. The Kier molecular flexibility index (Phi) is 5.05. The predicted molar refractivity (Wildman–Crippen MR) is 74.3 cm³/mol.